The Morgan fingerprint density at radius 1 is 1.29 bits per heavy atom. The molecule has 0 saturated carbocycles. The van der Waals surface area contributed by atoms with E-state index < -0.39 is 5.41 Å². The van der Waals surface area contributed by atoms with E-state index in [2.05, 4.69) is 22.5 Å². The van der Waals surface area contributed by atoms with Gasteiger partial charge in [-0.15, -0.1) is 0 Å². The van der Waals surface area contributed by atoms with Crippen molar-refractivity contribution in [1.29, 1.82) is 0 Å². The summed E-state index contributed by atoms with van der Waals surface area (Å²) in [6, 6.07) is 8.61. The second kappa shape index (κ2) is 7.90. The fourth-order valence-corrected chi connectivity index (χ4v) is 3.11. The second-order valence-corrected chi connectivity index (χ2v) is 6.97. The number of aromatic nitrogens is 1. The van der Waals surface area contributed by atoms with Crippen LogP contribution in [-0.4, -0.2) is 16.6 Å². The van der Waals surface area contributed by atoms with Crippen molar-refractivity contribution in [1.82, 2.24) is 10.3 Å². The average molecular weight is 366 g/mol. The number of thiocarbonyl (C=S) groups is 1. The van der Waals surface area contributed by atoms with E-state index >= 15 is 0 Å². The first-order chi connectivity index (χ1) is 11.3. The number of hydrogen-bond acceptors (Lipinski definition) is 2. The number of rotatable bonds is 5. The highest BCUT2D eigenvalue weighted by Gasteiger charge is 2.27. The summed E-state index contributed by atoms with van der Waals surface area (Å²) in [5.41, 5.74) is 1.04. The number of hydrogen-bond donors (Lipinski definition) is 2. The lowest BCUT2D eigenvalue weighted by atomic mass is 9.84. The van der Waals surface area contributed by atoms with Crippen molar-refractivity contribution in [3.8, 4) is 0 Å². The van der Waals surface area contributed by atoms with Crippen LogP contribution in [0, 0.1) is 5.82 Å². The maximum absolute atomic E-state index is 14.1. The second-order valence-electron chi connectivity index (χ2n) is 6.15. The molecule has 0 atom stereocenters. The quantitative estimate of drug-likeness (QED) is 0.753. The Kier molecular flexibility index (Phi) is 6.13. The third-order valence-corrected chi connectivity index (χ3v) is 4.40. The standard InChI is InChI=1S/C18H21ClFN3S/c1-4-12-7-6-10-21-16(12)23-17(24)22-11-18(2,3)15-13(19)8-5-9-14(15)20/h5-10H,4,11H2,1-3H3,(H2,21,22,23,24). The van der Waals surface area contributed by atoms with Gasteiger partial charge in [-0.3, -0.25) is 0 Å². The number of benzene rings is 1. The number of aryl methyl sites for hydroxylation is 1. The molecule has 2 rings (SSSR count). The molecule has 0 amide bonds. The summed E-state index contributed by atoms with van der Waals surface area (Å²) in [7, 11) is 0. The SMILES string of the molecule is CCc1cccnc1NC(=S)NCC(C)(C)c1c(F)cccc1Cl. The molecule has 6 heteroatoms. The minimum atomic E-state index is -0.522. The highest BCUT2D eigenvalue weighted by Crippen LogP contribution is 2.31. The van der Waals surface area contributed by atoms with Crippen molar-refractivity contribution in [3.63, 3.8) is 0 Å². The lowest BCUT2D eigenvalue weighted by molar-refractivity contribution is 0.477. The Labute approximate surface area is 152 Å². The van der Waals surface area contributed by atoms with Crippen LogP contribution in [0.5, 0.6) is 0 Å². The van der Waals surface area contributed by atoms with E-state index in [0.717, 1.165) is 17.8 Å². The van der Waals surface area contributed by atoms with Crippen molar-refractivity contribution in [2.45, 2.75) is 32.6 Å². The van der Waals surface area contributed by atoms with Gasteiger partial charge in [0.05, 0.1) is 0 Å². The molecule has 0 radical (unpaired) electrons. The van der Waals surface area contributed by atoms with Gasteiger partial charge in [-0.1, -0.05) is 44.5 Å². The van der Waals surface area contributed by atoms with Gasteiger partial charge in [0, 0.05) is 28.7 Å². The number of nitrogens with zero attached hydrogens (tertiary/aromatic N) is 1. The molecule has 3 nitrogen and oxygen atoms in total. The lowest BCUT2D eigenvalue weighted by Crippen LogP contribution is -2.39. The lowest BCUT2D eigenvalue weighted by Gasteiger charge is -2.28. The van der Waals surface area contributed by atoms with Gasteiger partial charge in [0.25, 0.3) is 0 Å². The normalized spacial score (nSPS) is 11.2. The topological polar surface area (TPSA) is 37.0 Å². The van der Waals surface area contributed by atoms with Crippen LogP contribution >= 0.6 is 23.8 Å². The maximum atomic E-state index is 14.1. The zero-order valence-electron chi connectivity index (χ0n) is 14.0. The molecule has 0 fully saturated rings. The van der Waals surface area contributed by atoms with Gasteiger partial charge in [-0.2, -0.15) is 0 Å². The fourth-order valence-electron chi connectivity index (χ4n) is 2.52. The molecule has 0 unspecified atom stereocenters. The first kappa shape index (κ1) is 18.6. The number of anilines is 1. The van der Waals surface area contributed by atoms with Crippen LogP contribution in [0.3, 0.4) is 0 Å². The molecule has 128 valence electrons. The summed E-state index contributed by atoms with van der Waals surface area (Å²) in [5.74, 6) is 0.422. The van der Waals surface area contributed by atoms with Crippen molar-refractivity contribution < 1.29 is 4.39 Å². The molecule has 1 aromatic heterocycles. The van der Waals surface area contributed by atoms with Crippen molar-refractivity contribution in [2.24, 2.45) is 0 Å². The van der Waals surface area contributed by atoms with Crippen LogP contribution in [0.4, 0.5) is 10.2 Å². The Morgan fingerprint density at radius 3 is 2.71 bits per heavy atom. The molecule has 0 aliphatic carbocycles. The van der Waals surface area contributed by atoms with E-state index in [1.807, 2.05) is 26.0 Å². The first-order valence-corrected chi connectivity index (χ1v) is 8.57. The van der Waals surface area contributed by atoms with Crippen LogP contribution in [0.25, 0.3) is 0 Å². The third kappa shape index (κ3) is 4.42. The van der Waals surface area contributed by atoms with Crippen molar-refractivity contribution in [2.75, 3.05) is 11.9 Å². The van der Waals surface area contributed by atoms with Crippen molar-refractivity contribution >= 4 is 34.7 Å². The molecule has 2 aromatic rings. The summed E-state index contributed by atoms with van der Waals surface area (Å²) in [4.78, 5) is 4.30. The molecule has 0 aliphatic rings. The minimum absolute atomic E-state index is 0.314. The molecule has 0 aliphatic heterocycles. The molecule has 0 saturated heterocycles. The number of halogens is 2. The fraction of sp³-hybridized carbons (Fsp3) is 0.333. The Bertz CT molecular complexity index is 714. The molecule has 2 N–H and O–H groups in total. The molecule has 0 bridgehead atoms. The summed E-state index contributed by atoms with van der Waals surface area (Å²) in [5, 5.41) is 7.09. The van der Waals surface area contributed by atoms with Gasteiger partial charge in [-0.25, -0.2) is 9.37 Å². The van der Waals surface area contributed by atoms with Crippen molar-refractivity contribution in [3.05, 3.63) is 58.5 Å². The Hall–Kier alpha value is -1.72. The Morgan fingerprint density at radius 2 is 2.04 bits per heavy atom. The molecule has 24 heavy (non-hydrogen) atoms. The van der Waals surface area contributed by atoms with Crippen LogP contribution in [0.1, 0.15) is 31.9 Å². The third-order valence-electron chi connectivity index (χ3n) is 3.83. The van der Waals surface area contributed by atoms with Gasteiger partial charge < -0.3 is 10.6 Å². The van der Waals surface area contributed by atoms with E-state index in [4.69, 9.17) is 23.8 Å². The van der Waals surface area contributed by atoms with E-state index in [-0.39, 0.29) is 5.82 Å². The van der Waals surface area contributed by atoms with Gasteiger partial charge in [-0.05, 0) is 42.4 Å². The van der Waals surface area contributed by atoms with Gasteiger partial charge in [0.2, 0.25) is 0 Å². The molecule has 0 spiro atoms. The minimum Gasteiger partial charge on any atom is -0.362 e. The van der Waals surface area contributed by atoms with E-state index in [1.54, 1.807) is 18.3 Å². The van der Waals surface area contributed by atoms with Gasteiger partial charge in [0.1, 0.15) is 11.6 Å². The number of pyridine rings is 1. The molecule has 1 heterocycles. The summed E-state index contributed by atoms with van der Waals surface area (Å²) < 4.78 is 14.1. The van der Waals surface area contributed by atoms with Crippen LogP contribution in [0.2, 0.25) is 5.02 Å². The van der Waals surface area contributed by atoms with Crippen LogP contribution in [0.15, 0.2) is 36.5 Å². The number of nitrogens with one attached hydrogen (secondary N) is 2. The summed E-state index contributed by atoms with van der Waals surface area (Å²) in [6.45, 7) is 6.34. The maximum Gasteiger partial charge on any atom is 0.171 e. The summed E-state index contributed by atoms with van der Waals surface area (Å²) in [6.07, 6.45) is 2.57. The molecular weight excluding hydrogens is 345 g/mol. The average Bonchev–Trinajstić information content (AvgIpc) is 2.53. The van der Waals surface area contributed by atoms with E-state index in [9.17, 15) is 4.39 Å². The van der Waals surface area contributed by atoms with Gasteiger partial charge in [0.15, 0.2) is 5.11 Å². The van der Waals surface area contributed by atoms with E-state index in [0.29, 0.717) is 22.2 Å². The summed E-state index contributed by atoms with van der Waals surface area (Å²) >= 11 is 11.5. The first-order valence-electron chi connectivity index (χ1n) is 7.78. The van der Waals surface area contributed by atoms with Gasteiger partial charge >= 0.3 is 0 Å². The predicted octanol–water partition coefficient (Wildman–Crippen LogP) is 4.70. The van der Waals surface area contributed by atoms with Crippen LogP contribution in [-0.2, 0) is 11.8 Å². The Balaban J connectivity index is 2.05. The molecule has 1 aromatic carbocycles. The highest BCUT2D eigenvalue weighted by molar-refractivity contribution is 7.80. The highest BCUT2D eigenvalue weighted by atomic mass is 35.5. The zero-order valence-corrected chi connectivity index (χ0v) is 15.6. The monoisotopic (exact) mass is 365 g/mol. The van der Waals surface area contributed by atoms with E-state index in [1.165, 1.54) is 6.07 Å². The predicted molar refractivity (Wildman–Crippen MR) is 102 cm³/mol. The van der Waals surface area contributed by atoms with Crippen LogP contribution < -0.4 is 10.6 Å². The molecular formula is C18H21ClFN3S. The largest absolute Gasteiger partial charge is 0.362 e. The zero-order chi connectivity index (χ0) is 17.7. The smallest absolute Gasteiger partial charge is 0.171 e.